The van der Waals surface area contributed by atoms with Gasteiger partial charge in [0.1, 0.15) is 5.78 Å². The predicted octanol–water partition coefficient (Wildman–Crippen LogP) is 4.00. The highest BCUT2D eigenvalue weighted by molar-refractivity contribution is 7.52. The molecule has 0 aliphatic rings. The van der Waals surface area contributed by atoms with Crippen molar-refractivity contribution in [2.24, 2.45) is 0 Å². The van der Waals surface area contributed by atoms with Crippen LogP contribution < -0.4 is 5.32 Å². The number of rotatable bonds is 5. The molecule has 0 aliphatic carbocycles. The Labute approximate surface area is 135 Å². The summed E-state index contributed by atoms with van der Waals surface area (Å²) >= 11 is 0. The average Bonchev–Trinajstić information content (AvgIpc) is 2.55. The Kier molecular flexibility index (Phi) is 4.49. The van der Waals surface area contributed by atoms with Crippen molar-refractivity contribution in [2.75, 3.05) is 5.32 Å². The van der Waals surface area contributed by atoms with E-state index in [4.69, 9.17) is 0 Å². The first-order chi connectivity index (χ1) is 11.0. The van der Waals surface area contributed by atoms with Crippen LogP contribution in [0.4, 0.5) is 5.69 Å². The molecule has 5 heteroatoms. The zero-order chi connectivity index (χ0) is 16.3. The Balaban J connectivity index is 1.93. The topological polar surface area (TPSA) is 69.6 Å². The van der Waals surface area contributed by atoms with E-state index in [1.807, 2.05) is 72.8 Å². The normalized spacial score (nSPS) is 13.0. The molecule has 3 aromatic rings. The van der Waals surface area contributed by atoms with Gasteiger partial charge in [0.2, 0.25) is 0 Å². The summed E-state index contributed by atoms with van der Waals surface area (Å²) in [6, 6.07) is 22.8. The van der Waals surface area contributed by atoms with Gasteiger partial charge in [-0.25, -0.2) is 0 Å². The molecule has 0 bridgehead atoms. The van der Waals surface area contributed by atoms with Gasteiger partial charge in [-0.2, -0.15) is 0 Å². The van der Waals surface area contributed by atoms with E-state index in [9.17, 15) is 14.4 Å². The summed E-state index contributed by atoms with van der Waals surface area (Å²) in [5, 5.41) is 5.02. The lowest BCUT2D eigenvalue weighted by Crippen LogP contribution is -2.22. The Morgan fingerprint density at radius 2 is 1.52 bits per heavy atom. The fourth-order valence-corrected chi connectivity index (χ4v) is 3.38. The van der Waals surface area contributed by atoms with E-state index < -0.39 is 13.4 Å². The number of hydrogen-bond donors (Lipinski definition) is 3. The summed E-state index contributed by atoms with van der Waals surface area (Å²) in [5.41, 5.74) is 1.61. The third kappa shape index (κ3) is 3.80. The monoisotopic (exact) mass is 327 g/mol. The Morgan fingerprint density at radius 3 is 2.26 bits per heavy atom. The van der Waals surface area contributed by atoms with Crippen molar-refractivity contribution >= 4 is 24.1 Å². The van der Waals surface area contributed by atoms with E-state index in [2.05, 4.69) is 5.32 Å². The number of hydrogen-bond acceptors (Lipinski definition) is 2. The lowest BCUT2D eigenvalue weighted by Gasteiger charge is -2.22. The highest BCUT2D eigenvalue weighted by atomic mass is 31.2. The first-order valence-electron chi connectivity index (χ1n) is 7.37. The number of anilines is 1. The SMILES string of the molecule is O=P(O)(O)C(Cc1ccccc1)Nc1cccc2ccccc12. The summed E-state index contributed by atoms with van der Waals surface area (Å²) in [6.07, 6.45) is 0.258. The molecule has 0 radical (unpaired) electrons. The highest BCUT2D eigenvalue weighted by Gasteiger charge is 2.29. The largest absolute Gasteiger partial charge is 0.371 e. The molecule has 0 saturated heterocycles. The molecule has 23 heavy (non-hydrogen) atoms. The predicted molar refractivity (Wildman–Crippen MR) is 93.5 cm³/mol. The van der Waals surface area contributed by atoms with Gasteiger partial charge in [0, 0.05) is 17.5 Å². The minimum Gasteiger partial charge on any atom is -0.371 e. The van der Waals surface area contributed by atoms with Crippen LogP contribution in [-0.4, -0.2) is 15.6 Å². The number of fused-ring (bicyclic) bond motifs is 1. The molecule has 0 aromatic heterocycles. The number of benzene rings is 3. The maximum absolute atomic E-state index is 11.9. The Hall–Kier alpha value is -2.13. The van der Waals surface area contributed by atoms with Crippen LogP contribution in [0.5, 0.6) is 0 Å². The maximum atomic E-state index is 11.9. The van der Waals surface area contributed by atoms with Gasteiger partial charge in [-0.05, 0) is 17.0 Å². The van der Waals surface area contributed by atoms with Crippen LogP contribution in [0, 0.1) is 0 Å². The first-order valence-corrected chi connectivity index (χ1v) is 9.05. The molecule has 0 heterocycles. The third-order valence-corrected chi connectivity index (χ3v) is 4.91. The molecule has 4 nitrogen and oxygen atoms in total. The van der Waals surface area contributed by atoms with Gasteiger partial charge in [0.25, 0.3) is 0 Å². The molecule has 1 unspecified atom stereocenters. The van der Waals surface area contributed by atoms with Crippen molar-refractivity contribution in [3.63, 3.8) is 0 Å². The molecule has 1 atom stereocenters. The van der Waals surface area contributed by atoms with Crippen molar-refractivity contribution in [3.8, 4) is 0 Å². The molecular formula is C18H18NO3P. The molecule has 0 spiro atoms. The van der Waals surface area contributed by atoms with E-state index in [1.54, 1.807) is 0 Å². The highest BCUT2D eigenvalue weighted by Crippen LogP contribution is 2.43. The minimum absolute atomic E-state index is 0.258. The average molecular weight is 327 g/mol. The van der Waals surface area contributed by atoms with Gasteiger partial charge in [-0.15, -0.1) is 0 Å². The van der Waals surface area contributed by atoms with E-state index in [0.717, 1.165) is 22.0 Å². The first kappa shape index (κ1) is 15.8. The van der Waals surface area contributed by atoms with E-state index in [-0.39, 0.29) is 6.42 Å². The molecular weight excluding hydrogens is 309 g/mol. The quantitative estimate of drug-likeness (QED) is 0.620. The van der Waals surface area contributed by atoms with Crippen LogP contribution in [0.1, 0.15) is 5.56 Å². The molecule has 0 aliphatic heterocycles. The summed E-state index contributed by atoms with van der Waals surface area (Å²) in [4.78, 5) is 19.4. The van der Waals surface area contributed by atoms with E-state index in [0.29, 0.717) is 0 Å². The van der Waals surface area contributed by atoms with Crippen molar-refractivity contribution in [1.29, 1.82) is 0 Å². The minimum atomic E-state index is -4.30. The summed E-state index contributed by atoms with van der Waals surface area (Å²) in [6.45, 7) is 0. The summed E-state index contributed by atoms with van der Waals surface area (Å²) in [7, 11) is -4.30. The lowest BCUT2D eigenvalue weighted by atomic mass is 10.1. The second-order valence-corrected chi connectivity index (χ2v) is 7.27. The molecule has 3 rings (SSSR count). The standard InChI is InChI=1S/C18H18NO3P/c20-23(21,22)18(13-14-7-2-1-3-8-14)19-17-12-6-10-15-9-4-5-11-16(15)17/h1-12,18-19H,13H2,(H2,20,21,22). The van der Waals surface area contributed by atoms with Crippen molar-refractivity contribution in [3.05, 3.63) is 78.4 Å². The van der Waals surface area contributed by atoms with Crippen molar-refractivity contribution < 1.29 is 14.4 Å². The Bertz CT molecular complexity index is 840. The summed E-state index contributed by atoms with van der Waals surface area (Å²) < 4.78 is 11.9. The molecule has 3 aromatic carbocycles. The number of nitrogens with one attached hydrogen (secondary N) is 1. The van der Waals surface area contributed by atoms with Crippen molar-refractivity contribution in [2.45, 2.75) is 12.2 Å². The van der Waals surface area contributed by atoms with Gasteiger partial charge < -0.3 is 15.1 Å². The van der Waals surface area contributed by atoms with Crippen LogP contribution >= 0.6 is 7.60 Å². The summed E-state index contributed by atoms with van der Waals surface area (Å²) in [5.74, 6) is -0.962. The van der Waals surface area contributed by atoms with Crippen LogP contribution in [0.3, 0.4) is 0 Å². The fraction of sp³-hybridized carbons (Fsp3) is 0.111. The van der Waals surface area contributed by atoms with Crippen LogP contribution in [0.15, 0.2) is 72.8 Å². The smallest absolute Gasteiger partial charge is 0.347 e. The molecule has 118 valence electrons. The molecule has 0 amide bonds. The van der Waals surface area contributed by atoms with Gasteiger partial charge >= 0.3 is 7.60 Å². The van der Waals surface area contributed by atoms with Gasteiger partial charge in [-0.3, -0.25) is 4.57 Å². The molecule has 0 saturated carbocycles. The molecule has 3 N–H and O–H groups in total. The maximum Gasteiger partial charge on any atom is 0.347 e. The Morgan fingerprint density at radius 1 is 0.870 bits per heavy atom. The van der Waals surface area contributed by atoms with Gasteiger partial charge in [-0.1, -0.05) is 66.7 Å². The second kappa shape index (κ2) is 6.55. The molecule has 0 fully saturated rings. The second-order valence-electron chi connectivity index (χ2n) is 5.47. The van der Waals surface area contributed by atoms with Crippen LogP contribution in [0.2, 0.25) is 0 Å². The van der Waals surface area contributed by atoms with Crippen molar-refractivity contribution in [1.82, 2.24) is 0 Å². The van der Waals surface area contributed by atoms with Crippen LogP contribution in [-0.2, 0) is 11.0 Å². The fourth-order valence-electron chi connectivity index (χ4n) is 2.62. The zero-order valence-corrected chi connectivity index (χ0v) is 13.4. The van der Waals surface area contributed by atoms with Gasteiger partial charge in [0.15, 0.2) is 0 Å². The van der Waals surface area contributed by atoms with E-state index in [1.165, 1.54) is 0 Å². The van der Waals surface area contributed by atoms with E-state index >= 15 is 0 Å². The lowest BCUT2D eigenvalue weighted by molar-refractivity contribution is 0.361. The van der Waals surface area contributed by atoms with Crippen LogP contribution in [0.25, 0.3) is 10.8 Å². The van der Waals surface area contributed by atoms with Gasteiger partial charge in [0.05, 0.1) is 0 Å². The third-order valence-electron chi connectivity index (χ3n) is 3.79. The zero-order valence-electron chi connectivity index (χ0n) is 12.5.